The van der Waals surface area contributed by atoms with Crippen LogP contribution in [0.4, 0.5) is 4.79 Å². The van der Waals surface area contributed by atoms with E-state index in [9.17, 15) is 4.79 Å². The van der Waals surface area contributed by atoms with Crippen LogP contribution in [0.2, 0.25) is 0 Å². The van der Waals surface area contributed by atoms with Gasteiger partial charge in [0, 0.05) is 0 Å². The van der Waals surface area contributed by atoms with Crippen LogP contribution in [0.3, 0.4) is 0 Å². The second-order valence-corrected chi connectivity index (χ2v) is 5.64. The van der Waals surface area contributed by atoms with E-state index in [0.29, 0.717) is 6.61 Å². The van der Waals surface area contributed by atoms with E-state index in [1.807, 2.05) is 0 Å². The summed E-state index contributed by atoms with van der Waals surface area (Å²) in [6.45, 7) is 4.73. The molecule has 0 N–H and O–H groups in total. The Labute approximate surface area is 104 Å². The average Bonchev–Trinajstić information content (AvgIpc) is 2.29. The van der Waals surface area contributed by atoms with Crippen molar-refractivity contribution in [3.63, 3.8) is 0 Å². The Morgan fingerprint density at radius 2 is 2.00 bits per heavy atom. The van der Waals surface area contributed by atoms with Crippen molar-refractivity contribution < 1.29 is 9.53 Å². The molecule has 1 aromatic rings. The molecule has 0 aliphatic carbocycles. The zero-order valence-corrected chi connectivity index (χ0v) is 11.6. The number of rotatable bonds is 6. The van der Waals surface area contributed by atoms with Crippen molar-refractivity contribution in [1.82, 2.24) is 0 Å². The minimum absolute atomic E-state index is 0.0264. The van der Waals surface area contributed by atoms with E-state index in [2.05, 4.69) is 38.1 Å². The van der Waals surface area contributed by atoms with Gasteiger partial charge in [0.15, 0.2) is 0 Å². The summed E-state index contributed by atoms with van der Waals surface area (Å²) >= 11 is -0.0804. The molecule has 0 unspecified atom stereocenters. The molecule has 1 aromatic carbocycles. The quantitative estimate of drug-likeness (QED) is 0.593. The zero-order valence-electron chi connectivity index (χ0n) is 9.86. The van der Waals surface area contributed by atoms with Crippen molar-refractivity contribution in [3.05, 3.63) is 35.4 Å². The number of carbonyl (C=O) groups excluding carboxylic acids is 1. The summed E-state index contributed by atoms with van der Waals surface area (Å²) < 4.78 is 5.12. The second kappa shape index (κ2) is 7.48. The maximum atomic E-state index is 11.4. The predicted molar refractivity (Wildman–Crippen MR) is 66.9 cm³/mol. The standard InChI is InChI=1S/C13H18O2Se/c1-3-4-9-15-13(14)16-10-12-7-5-11(2)6-8-12/h5-8H,3-4,9-10H2,1-2H3. The fraction of sp³-hybridized carbons (Fsp3) is 0.462. The van der Waals surface area contributed by atoms with Gasteiger partial charge in [-0.05, 0) is 0 Å². The summed E-state index contributed by atoms with van der Waals surface area (Å²) in [6.07, 6.45) is 2.03. The molecule has 0 aromatic heterocycles. The Hall–Kier alpha value is -0.791. The van der Waals surface area contributed by atoms with Gasteiger partial charge in [-0.15, -0.1) is 0 Å². The number of hydrogen-bond donors (Lipinski definition) is 0. The topological polar surface area (TPSA) is 26.3 Å². The van der Waals surface area contributed by atoms with Gasteiger partial charge in [0.1, 0.15) is 0 Å². The van der Waals surface area contributed by atoms with Crippen LogP contribution in [-0.2, 0) is 10.1 Å². The first-order valence-electron chi connectivity index (χ1n) is 5.57. The molecule has 1 rings (SSSR count). The molecule has 0 atom stereocenters. The van der Waals surface area contributed by atoms with Crippen LogP contribution in [0.1, 0.15) is 30.9 Å². The third-order valence-electron chi connectivity index (χ3n) is 2.20. The Bertz CT molecular complexity index is 319. The molecular formula is C13H18O2Se. The number of aryl methyl sites for hydroxylation is 1. The molecule has 0 saturated carbocycles. The van der Waals surface area contributed by atoms with E-state index >= 15 is 0 Å². The molecule has 0 bridgehead atoms. The van der Waals surface area contributed by atoms with Gasteiger partial charge < -0.3 is 0 Å². The van der Waals surface area contributed by atoms with E-state index in [1.54, 1.807) is 0 Å². The Balaban J connectivity index is 2.23. The van der Waals surface area contributed by atoms with E-state index in [0.717, 1.165) is 18.2 Å². The molecule has 0 fully saturated rings. The van der Waals surface area contributed by atoms with E-state index in [1.165, 1.54) is 11.1 Å². The zero-order chi connectivity index (χ0) is 11.8. The Morgan fingerprint density at radius 1 is 1.31 bits per heavy atom. The fourth-order valence-electron chi connectivity index (χ4n) is 1.17. The maximum absolute atomic E-state index is 11.4. The van der Waals surface area contributed by atoms with Gasteiger partial charge in [-0.2, -0.15) is 0 Å². The van der Waals surface area contributed by atoms with Crippen molar-refractivity contribution in [1.29, 1.82) is 0 Å². The fourth-order valence-corrected chi connectivity index (χ4v) is 2.52. The van der Waals surface area contributed by atoms with E-state index in [-0.39, 0.29) is 19.8 Å². The first-order valence-corrected chi connectivity index (χ1v) is 7.64. The third kappa shape index (κ3) is 5.34. The number of hydrogen-bond acceptors (Lipinski definition) is 2. The molecule has 0 radical (unpaired) electrons. The monoisotopic (exact) mass is 286 g/mol. The van der Waals surface area contributed by atoms with Crippen LogP contribution < -0.4 is 0 Å². The summed E-state index contributed by atoms with van der Waals surface area (Å²) in [6, 6.07) is 8.31. The number of benzene rings is 1. The molecule has 0 spiro atoms. The van der Waals surface area contributed by atoms with Gasteiger partial charge in [-0.25, -0.2) is 0 Å². The van der Waals surface area contributed by atoms with Gasteiger partial charge >= 0.3 is 103 Å². The second-order valence-electron chi connectivity index (χ2n) is 3.73. The van der Waals surface area contributed by atoms with Crippen molar-refractivity contribution in [2.75, 3.05) is 6.61 Å². The molecule has 2 nitrogen and oxygen atoms in total. The van der Waals surface area contributed by atoms with Gasteiger partial charge in [0.25, 0.3) is 0 Å². The molecule has 0 aliphatic rings. The van der Waals surface area contributed by atoms with Crippen molar-refractivity contribution >= 4 is 19.8 Å². The van der Waals surface area contributed by atoms with Crippen LogP contribution in [0, 0.1) is 6.92 Å². The minimum atomic E-state index is -0.0804. The first kappa shape index (κ1) is 13.3. The van der Waals surface area contributed by atoms with E-state index in [4.69, 9.17) is 4.74 Å². The summed E-state index contributed by atoms with van der Waals surface area (Å²) in [5.74, 6) is 0. The molecule has 0 amide bonds. The van der Waals surface area contributed by atoms with Crippen molar-refractivity contribution in [2.24, 2.45) is 0 Å². The predicted octanol–water partition coefficient (Wildman–Crippen LogP) is 3.14. The summed E-state index contributed by atoms with van der Waals surface area (Å²) in [5.41, 5.74) is 2.47. The molecule has 3 heteroatoms. The summed E-state index contributed by atoms with van der Waals surface area (Å²) in [7, 11) is 0. The average molecular weight is 285 g/mol. The van der Waals surface area contributed by atoms with Crippen molar-refractivity contribution in [2.45, 2.75) is 32.0 Å². The van der Waals surface area contributed by atoms with Gasteiger partial charge in [0.05, 0.1) is 0 Å². The Kier molecular flexibility index (Phi) is 6.20. The molecular weight excluding hydrogens is 267 g/mol. The summed E-state index contributed by atoms with van der Waals surface area (Å²) in [5, 5.41) is 0.832. The molecule has 16 heavy (non-hydrogen) atoms. The third-order valence-corrected chi connectivity index (χ3v) is 3.94. The Morgan fingerprint density at radius 3 is 2.62 bits per heavy atom. The number of unbranched alkanes of at least 4 members (excludes halogenated alkanes) is 1. The number of carbonyl (C=O) groups is 1. The molecule has 0 saturated heterocycles. The van der Waals surface area contributed by atoms with E-state index < -0.39 is 0 Å². The first-order chi connectivity index (χ1) is 7.72. The van der Waals surface area contributed by atoms with Crippen LogP contribution in [-0.4, -0.2) is 26.4 Å². The molecule has 0 aliphatic heterocycles. The van der Waals surface area contributed by atoms with Crippen molar-refractivity contribution in [3.8, 4) is 0 Å². The number of ether oxygens (including phenoxy) is 1. The SMILES string of the molecule is CCCCOC(=O)[Se]Cc1ccc(C)cc1. The van der Waals surface area contributed by atoms with Crippen LogP contribution in [0.5, 0.6) is 0 Å². The normalized spacial score (nSPS) is 10.1. The van der Waals surface area contributed by atoms with Gasteiger partial charge in [-0.1, -0.05) is 0 Å². The van der Waals surface area contributed by atoms with Gasteiger partial charge in [-0.3, -0.25) is 0 Å². The van der Waals surface area contributed by atoms with Crippen LogP contribution >= 0.6 is 0 Å². The molecule has 88 valence electrons. The molecule has 0 heterocycles. The van der Waals surface area contributed by atoms with Crippen LogP contribution in [0.15, 0.2) is 24.3 Å². The van der Waals surface area contributed by atoms with Crippen LogP contribution in [0.25, 0.3) is 0 Å². The summed E-state index contributed by atoms with van der Waals surface area (Å²) in [4.78, 5) is 11.3. The van der Waals surface area contributed by atoms with Gasteiger partial charge in [0.2, 0.25) is 0 Å².